The van der Waals surface area contributed by atoms with Crippen molar-refractivity contribution >= 4 is 23.5 Å². The molecule has 0 radical (unpaired) electrons. The van der Waals surface area contributed by atoms with Crippen LogP contribution in [0, 0.1) is 6.92 Å². The molecule has 0 spiro atoms. The van der Waals surface area contributed by atoms with Gasteiger partial charge >= 0.3 is 5.97 Å². The molecule has 1 aromatic carbocycles. The zero-order valence-electron chi connectivity index (χ0n) is 10.3. The Morgan fingerprint density at radius 3 is 2.68 bits per heavy atom. The van der Waals surface area contributed by atoms with E-state index in [2.05, 4.69) is 0 Å². The molecule has 1 heterocycles. The van der Waals surface area contributed by atoms with Gasteiger partial charge in [-0.3, -0.25) is 4.79 Å². The van der Waals surface area contributed by atoms with Gasteiger partial charge in [-0.15, -0.1) is 0 Å². The maximum atomic E-state index is 12.3. The molecule has 2 atom stereocenters. The van der Waals surface area contributed by atoms with Gasteiger partial charge in [0.05, 0.1) is 6.10 Å². The zero-order valence-corrected chi connectivity index (χ0v) is 11.1. The Balaban J connectivity index is 2.30. The normalized spacial score (nSPS) is 22.6. The van der Waals surface area contributed by atoms with Gasteiger partial charge < -0.3 is 15.1 Å². The van der Waals surface area contributed by atoms with Crippen LogP contribution in [0.5, 0.6) is 0 Å². The van der Waals surface area contributed by atoms with Gasteiger partial charge in [-0.1, -0.05) is 11.6 Å². The Hall–Kier alpha value is -1.59. The molecule has 0 aliphatic carbocycles. The van der Waals surface area contributed by atoms with Crippen molar-refractivity contribution < 1.29 is 19.8 Å². The summed E-state index contributed by atoms with van der Waals surface area (Å²) in [5.41, 5.74) is 1.09. The van der Waals surface area contributed by atoms with Crippen LogP contribution < -0.4 is 0 Å². The van der Waals surface area contributed by atoms with Crippen molar-refractivity contribution in [3.05, 3.63) is 34.3 Å². The lowest BCUT2D eigenvalue weighted by Gasteiger charge is -2.22. The summed E-state index contributed by atoms with van der Waals surface area (Å²) in [6, 6.07) is 3.84. The summed E-state index contributed by atoms with van der Waals surface area (Å²) in [6.07, 6.45) is -0.731. The molecule has 2 rings (SSSR count). The number of rotatable bonds is 2. The standard InChI is InChI=1S/C13H14ClNO4/c1-7-4-8(14)2-3-10(7)12(17)15-6-9(16)5-11(15)13(18)19/h2-4,9,11,16H,5-6H2,1H3,(H,18,19)/t9?,11-/m0/s1. The van der Waals surface area contributed by atoms with Crippen LogP contribution in [-0.4, -0.2) is 45.7 Å². The van der Waals surface area contributed by atoms with E-state index in [1.54, 1.807) is 25.1 Å². The minimum atomic E-state index is -1.10. The van der Waals surface area contributed by atoms with E-state index in [1.165, 1.54) is 4.90 Å². The molecule has 1 fully saturated rings. The lowest BCUT2D eigenvalue weighted by molar-refractivity contribution is -0.141. The largest absolute Gasteiger partial charge is 0.480 e. The third-order valence-electron chi connectivity index (χ3n) is 3.24. The number of carboxylic acids is 1. The van der Waals surface area contributed by atoms with Crippen LogP contribution >= 0.6 is 11.6 Å². The maximum Gasteiger partial charge on any atom is 0.326 e. The summed E-state index contributed by atoms with van der Waals surface area (Å²) in [5.74, 6) is -1.49. The number of aryl methyl sites for hydroxylation is 1. The van der Waals surface area contributed by atoms with Crippen molar-refractivity contribution in [1.82, 2.24) is 4.90 Å². The molecule has 1 aliphatic rings. The quantitative estimate of drug-likeness (QED) is 0.858. The topological polar surface area (TPSA) is 77.8 Å². The highest BCUT2D eigenvalue weighted by atomic mass is 35.5. The number of carboxylic acid groups (broad SMARTS) is 1. The number of halogens is 1. The van der Waals surface area contributed by atoms with Gasteiger partial charge in [0.15, 0.2) is 0 Å². The van der Waals surface area contributed by atoms with E-state index in [9.17, 15) is 14.7 Å². The van der Waals surface area contributed by atoms with E-state index in [-0.39, 0.29) is 13.0 Å². The van der Waals surface area contributed by atoms with Crippen LogP contribution in [0.3, 0.4) is 0 Å². The number of benzene rings is 1. The van der Waals surface area contributed by atoms with Crippen LogP contribution in [0.1, 0.15) is 22.3 Å². The van der Waals surface area contributed by atoms with Gasteiger partial charge in [0.2, 0.25) is 0 Å². The first-order chi connectivity index (χ1) is 8.90. The summed E-state index contributed by atoms with van der Waals surface area (Å²) in [5, 5.41) is 19.2. The maximum absolute atomic E-state index is 12.3. The first kappa shape index (κ1) is 13.8. The Morgan fingerprint density at radius 1 is 1.42 bits per heavy atom. The lowest BCUT2D eigenvalue weighted by Crippen LogP contribution is -2.40. The molecule has 1 aromatic rings. The van der Waals surface area contributed by atoms with Crippen molar-refractivity contribution in [2.75, 3.05) is 6.54 Å². The number of aliphatic hydroxyl groups excluding tert-OH is 1. The molecular formula is C13H14ClNO4. The lowest BCUT2D eigenvalue weighted by atomic mass is 10.1. The van der Waals surface area contributed by atoms with E-state index in [0.717, 1.165) is 0 Å². The molecule has 6 heteroatoms. The minimum absolute atomic E-state index is 0.0396. The first-order valence-corrected chi connectivity index (χ1v) is 6.26. The van der Waals surface area contributed by atoms with E-state index < -0.39 is 24.0 Å². The van der Waals surface area contributed by atoms with Crippen LogP contribution in [0.4, 0.5) is 0 Å². The van der Waals surface area contributed by atoms with Gasteiger partial charge in [-0.2, -0.15) is 0 Å². The van der Waals surface area contributed by atoms with Crippen LogP contribution in [0.2, 0.25) is 5.02 Å². The zero-order chi connectivity index (χ0) is 14.2. The number of nitrogens with zero attached hydrogens (tertiary/aromatic N) is 1. The van der Waals surface area contributed by atoms with Crippen molar-refractivity contribution in [2.45, 2.75) is 25.5 Å². The summed E-state index contributed by atoms with van der Waals surface area (Å²) in [4.78, 5) is 24.7. The molecular weight excluding hydrogens is 270 g/mol. The second-order valence-electron chi connectivity index (χ2n) is 4.66. The molecule has 1 amide bonds. The third kappa shape index (κ3) is 2.72. The van der Waals surface area contributed by atoms with Gasteiger partial charge in [-0.25, -0.2) is 4.79 Å². The number of carbonyl (C=O) groups is 2. The molecule has 1 unspecified atom stereocenters. The van der Waals surface area contributed by atoms with Crippen molar-refractivity contribution in [2.24, 2.45) is 0 Å². The predicted octanol–water partition coefficient (Wildman–Crippen LogP) is 1.31. The molecule has 5 nitrogen and oxygen atoms in total. The number of aliphatic carboxylic acids is 1. The van der Waals surface area contributed by atoms with E-state index in [1.807, 2.05) is 0 Å². The van der Waals surface area contributed by atoms with Gasteiger partial charge in [-0.05, 0) is 30.7 Å². The summed E-state index contributed by atoms with van der Waals surface area (Å²) in [6.45, 7) is 1.78. The number of likely N-dealkylation sites (tertiary alicyclic amines) is 1. The molecule has 102 valence electrons. The highest BCUT2D eigenvalue weighted by Gasteiger charge is 2.39. The average molecular weight is 284 g/mol. The number of aliphatic hydroxyl groups is 1. The highest BCUT2D eigenvalue weighted by Crippen LogP contribution is 2.23. The Morgan fingerprint density at radius 2 is 2.11 bits per heavy atom. The fraction of sp³-hybridized carbons (Fsp3) is 0.385. The fourth-order valence-corrected chi connectivity index (χ4v) is 2.52. The average Bonchev–Trinajstić information content (AvgIpc) is 2.70. The van der Waals surface area contributed by atoms with E-state index in [4.69, 9.17) is 16.7 Å². The molecule has 1 aliphatic heterocycles. The summed E-state index contributed by atoms with van der Waals surface area (Å²) < 4.78 is 0. The Labute approximate surface area is 115 Å². The first-order valence-electron chi connectivity index (χ1n) is 5.88. The predicted molar refractivity (Wildman–Crippen MR) is 69.3 cm³/mol. The van der Waals surface area contributed by atoms with Gasteiger partial charge in [0.1, 0.15) is 6.04 Å². The second kappa shape index (κ2) is 5.19. The van der Waals surface area contributed by atoms with E-state index in [0.29, 0.717) is 16.1 Å². The Bertz CT molecular complexity index is 531. The fourth-order valence-electron chi connectivity index (χ4n) is 2.29. The molecule has 0 saturated carbocycles. The monoisotopic (exact) mass is 283 g/mol. The van der Waals surface area contributed by atoms with Crippen molar-refractivity contribution in [1.29, 1.82) is 0 Å². The smallest absolute Gasteiger partial charge is 0.326 e. The molecule has 0 aromatic heterocycles. The molecule has 2 N–H and O–H groups in total. The number of amides is 1. The molecule has 0 bridgehead atoms. The number of carbonyl (C=O) groups excluding carboxylic acids is 1. The molecule has 1 saturated heterocycles. The summed E-state index contributed by atoms with van der Waals surface area (Å²) in [7, 11) is 0. The molecule has 19 heavy (non-hydrogen) atoms. The second-order valence-corrected chi connectivity index (χ2v) is 5.10. The van der Waals surface area contributed by atoms with Gasteiger partial charge in [0.25, 0.3) is 5.91 Å². The summed E-state index contributed by atoms with van der Waals surface area (Å²) >= 11 is 5.82. The van der Waals surface area contributed by atoms with Crippen LogP contribution in [0.25, 0.3) is 0 Å². The van der Waals surface area contributed by atoms with Crippen LogP contribution in [-0.2, 0) is 4.79 Å². The van der Waals surface area contributed by atoms with Crippen molar-refractivity contribution in [3.63, 3.8) is 0 Å². The number of hydrogen-bond donors (Lipinski definition) is 2. The van der Waals surface area contributed by atoms with Crippen LogP contribution in [0.15, 0.2) is 18.2 Å². The Kier molecular flexibility index (Phi) is 3.78. The SMILES string of the molecule is Cc1cc(Cl)ccc1C(=O)N1CC(O)C[C@H]1C(=O)O. The minimum Gasteiger partial charge on any atom is -0.480 e. The highest BCUT2D eigenvalue weighted by molar-refractivity contribution is 6.30. The number of β-amino-alcohol motifs (C(OH)–C–C–N with tert-alkyl or cyclic N) is 1. The van der Waals surface area contributed by atoms with E-state index >= 15 is 0 Å². The third-order valence-corrected chi connectivity index (χ3v) is 3.48. The van der Waals surface area contributed by atoms with Gasteiger partial charge in [0, 0.05) is 23.6 Å². The van der Waals surface area contributed by atoms with Crippen molar-refractivity contribution in [3.8, 4) is 0 Å². The number of hydrogen-bond acceptors (Lipinski definition) is 3.